The number of rotatable bonds is 13. The molecule has 4 N–H and O–H groups in total. The number of aryl methyl sites for hydroxylation is 1. The first-order valence-corrected chi connectivity index (χ1v) is 14.6. The Labute approximate surface area is 234 Å². The van der Waals surface area contributed by atoms with Gasteiger partial charge in [0.05, 0.1) is 24.3 Å². The number of aliphatic hydroxyl groups is 1. The molecular weight excluding hydrogens is 513 g/mol. The summed E-state index contributed by atoms with van der Waals surface area (Å²) in [5.41, 5.74) is 0.867. The van der Waals surface area contributed by atoms with Crippen LogP contribution in [0.15, 0.2) is 30.5 Å². The minimum absolute atomic E-state index is 0.00291. The minimum atomic E-state index is -0.793. The fourth-order valence-electron chi connectivity index (χ4n) is 5.95. The van der Waals surface area contributed by atoms with E-state index in [1.807, 2.05) is 6.92 Å². The Balaban J connectivity index is 1.29. The van der Waals surface area contributed by atoms with Crippen molar-refractivity contribution in [3.63, 3.8) is 0 Å². The van der Waals surface area contributed by atoms with Crippen LogP contribution in [0, 0.1) is 29.5 Å². The molecule has 40 heavy (non-hydrogen) atoms. The highest BCUT2D eigenvalue weighted by Gasteiger charge is 2.48. The Bertz CT molecular complexity index is 1220. The molecule has 3 amide bonds. The van der Waals surface area contributed by atoms with E-state index >= 15 is 4.39 Å². The van der Waals surface area contributed by atoms with Crippen LogP contribution in [0.1, 0.15) is 80.8 Å². The van der Waals surface area contributed by atoms with Gasteiger partial charge in [-0.3, -0.25) is 19.1 Å². The Morgan fingerprint density at radius 1 is 1.02 bits per heavy atom. The van der Waals surface area contributed by atoms with E-state index in [4.69, 9.17) is 0 Å². The second-order valence-corrected chi connectivity index (χ2v) is 11.7. The zero-order chi connectivity index (χ0) is 28.4. The summed E-state index contributed by atoms with van der Waals surface area (Å²) in [4.78, 5) is 39.6. The van der Waals surface area contributed by atoms with E-state index in [2.05, 4.69) is 21.0 Å². The van der Waals surface area contributed by atoms with Gasteiger partial charge in [0.2, 0.25) is 11.8 Å². The number of hydrogen-bond donors (Lipinski definition) is 4. The summed E-state index contributed by atoms with van der Waals surface area (Å²) < 4.78 is 16.8. The number of nitrogens with one attached hydrogen (secondary N) is 3. The first-order valence-electron chi connectivity index (χ1n) is 14.6. The number of benzene rings is 1. The number of aliphatic hydroxyl groups excluding tert-OH is 1. The summed E-state index contributed by atoms with van der Waals surface area (Å²) in [6.07, 6.45) is 8.71. The molecule has 5 rings (SSSR count). The van der Waals surface area contributed by atoms with Crippen molar-refractivity contribution >= 4 is 23.4 Å². The molecule has 3 aliphatic rings. The highest BCUT2D eigenvalue weighted by molar-refractivity contribution is 6.01. The number of amides is 3. The maximum Gasteiger partial charge on any atom is 0.270 e. The fraction of sp³-hybridized carbons (Fsp3) is 0.600. The number of carbonyl (C=O) groups is 3. The lowest BCUT2D eigenvalue weighted by molar-refractivity contribution is -0.124. The SMILES string of the molecule is CCn1nccc1C(=O)N[C@H](C(=O)Nc1ccc([C@H](C)C(=O)N[C@@H](CO)C2CCC2)cc1F)C(C1CC1)C1CC1. The van der Waals surface area contributed by atoms with E-state index in [1.54, 1.807) is 29.9 Å². The molecular formula is C30H40FN5O4. The quantitative estimate of drug-likeness (QED) is 0.302. The molecule has 0 radical (unpaired) electrons. The zero-order valence-corrected chi connectivity index (χ0v) is 23.2. The van der Waals surface area contributed by atoms with Crippen molar-refractivity contribution in [2.24, 2.45) is 23.7 Å². The van der Waals surface area contributed by atoms with Crippen molar-refractivity contribution in [1.29, 1.82) is 0 Å². The van der Waals surface area contributed by atoms with Gasteiger partial charge in [0, 0.05) is 12.7 Å². The van der Waals surface area contributed by atoms with Crippen molar-refractivity contribution in [2.75, 3.05) is 11.9 Å². The van der Waals surface area contributed by atoms with E-state index in [0.29, 0.717) is 29.6 Å². The van der Waals surface area contributed by atoms with Crippen LogP contribution in [0.2, 0.25) is 0 Å². The van der Waals surface area contributed by atoms with E-state index in [9.17, 15) is 19.5 Å². The number of hydrogen-bond acceptors (Lipinski definition) is 5. The second-order valence-electron chi connectivity index (χ2n) is 11.7. The molecule has 3 atom stereocenters. The third kappa shape index (κ3) is 6.22. The van der Waals surface area contributed by atoms with Crippen molar-refractivity contribution in [1.82, 2.24) is 20.4 Å². The van der Waals surface area contributed by atoms with E-state index in [-0.39, 0.29) is 42.0 Å². The van der Waals surface area contributed by atoms with Crippen molar-refractivity contribution in [3.05, 3.63) is 47.5 Å². The maximum absolute atomic E-state index is 15.3. The van der Waals surface area contributed by atoms with Gasteiger partial charge in [-0.1, -0.05) is 12.5 Å². The molecule has 2 aromatic rings. The van der Waals surface area contributed by atoms with Gasteiger partial charge in [0.25, 0.3) is 5.91 Å². The molecule has 0 unspecified atom stereocenters. The molecule has 1 heterocycles. The van der Waals surface area contributed by atoms with Gasteiger partial charge in [0.1, 0.15) is 17.6 Å². The first kappa shape index (κ1) is 28.3. The number of anilines is 1. The molecule has 1 aromatic heterocycles. The van der Waals surface area contributed by atoms with E-state index in [1.165, 1.54) is 12.1 Å². The van der Waals surface area contributed by atoms with Crippen LogP contribution in [0.5, 0.6) is 0 Å². The second kappa shape index (κ2) is 12.1. The van der Waals surface area contributed by atoms with Gasteiger partial charge < -0.3 is 21.1 Å². The lowest BCUT2D eigenvalue weighted by atomic mass is 9.80. The van der Waals surface area contributed by atoms with Crippen LogP contribution in [-0.2, 0) is 16.1 Å². The molecule has 216 valence electrons. The predicted octanol–water partition coefficient (Wildman–Crippen LogP) is 3.60. The van der Waals surface area contributed by atoms with Gasteiger partial charge in [-0.05, 0) is 99.8 Å². The van der Waals surface area contributed by atoms with Crippen molar-refractivity contribution < 1.29 is 23.9 Å². The van der Waals surface area contributed by atoms with Crippen LogP contribution in [-0.4, -0.2) is 51.3 Å². The Hall–Kier alpha value is -3.27. The molecule has 0 spiro atoms. The normalized spacial score (nSPS) is 19.4. The van der Waals surface area contributed by atoms with Crippen molar-refractivity contribution in [3.8, 4) is 0 Å². The maximum atomic E-state index is 15.3. The molecule has 3 saturated carbocycles. The summed E-state index contributed by atoms with van der Waals surface area (Å²) in [5.74, 6) is -1.34. The van der Waals surface area contributed by atoms with Gasteiger partial charge in [-0.25, -0.2) is 4.39 Å². The minimum Gasteiger partial charge on any atom is -0.394 e. The average Bonchev–Trinajstić information content (AvgIpc) is 3.86. The van der Waals surface area contributed by atoms with E-state index in [0.717, 1.165) is 44.9 Å². The monoisotopic (exact) mass is 553 g/mol. The van der Waals surface area contributed by atoms with Crippen LogP contribution in [0.25, 0.3) is 0 Å². The molecule has 1 aromatic carbocycles. The summed E-state index contributed by atoms with van der Waals surface area (Å²) in [6.45, 7) is 3.99. The number of aromatic nitrogens is 2. The Kier molecular flexibility index (Phi) is 8.54. The molecule has 0 aliphatic heterocycles. The van der Waals surface area contributed by atoms with E-state index < -0.39 is 23.7 Å². The average molecular weight is 554 g/mol. The van der Waals surface area contributed by atoms with Crippen LogP contribution in [0.3, 0.4) is 0 Å². The molecule has 10 heteroatoms. The summed E-state index contributed by atoms with van der Waals surface area (Å²) in [7, 11) is 0. The molecule has 3 fully saturated rings. The Morgan fingerprint density at radius 2 is 1.73 bits per heavy atom. The van der Waals surface area contributed by atoms with Gasteiger partial charge >= 0.3 is 0 Å². The molecule has 3 aliphatic carbocycles. The fourth-order valence-corrected chi connectivity index (χ4v) is 5.95. The molecule has 0 saturated heterocycles. The first-order chi connectivity index (χ1) is 19.3. The summed E-state index contributed by atoms with van der Waals surface area (Å²) in [5, 5.41) is 22.4. The lowest BCUT2D eigenvalue weighted by Gasteiger charge is -2.33. The topological polar surface area (TPSA) is 125 Å². The highest BCUT2D eigenvalue weighted by atomic mass is 19.1. The van der Waals surface area contributed by atoms with Gasteiger partial charge in [-0.15, -0.1) is 0 Å². The highest BCUT2D eigenvalue weighted by Crippen LogP contribution is 2.51. The Morgan fingerprint density at radius 3 is 2.27 bits per heavy atom. The number of carbonyl (C=O) groups excluding carboxylic acids is 3. The third-order valence-corrected chi connectivity index (χ3v) is 8.92. The van der Waals surface area contributed by atoms with Crippen molar-refractivity contribution in [2.45, 2.75) is 83.3 Å². The third-order valence-electron chi connectivity index (χ3n) is 8.92. The largest absolute Gasteiger partial charge is 0.394 e. The van der Waals surface area contributed by atoms with Gasteiger partial charge in [-0.2, -0.15) is 5.10 Å². The number of halogens is 1. The summed E-state index contributed by atoms with van der Waals surface area (Å²) in [6, 6.07) is 4.91. The molecule has 9 nitrogen and oxygen atoms in total. The van der Waals surface area contributed by atoms with Crippen LogP contribution >= 0.6 is 0 Å². The smallest absolute Gasteiger partial charge is 0.270 e. The number of nitrogens with zero attached hydrogens (tertiary/aromatic N) is 2. The van der Waals surface area contributed by atoms with Crippen LogP contribution in [0.4, 0.5) is 10.1 Å². The lowest BCUT2D eigenvalue weighted by Crippen LogP contribution is -2.50. The van der Waals surface area contributed by atoms with Gasteiger partial charge in [0.15, 0.2) is 0 Å². The van der Waals surface area contributed by atoms with Crippen LogP contribution < -0.4 is 16.0 Å². The molecule has 0 bridgehead atoms. The summed E-state index contributed by atoms with van der Waals surface area (Å²) >= 11 is 0. The predicted molar refractivity (Wildman–Crippen MR) is 148 cm³/mol. The zero-order valence-electron chi connectivity index (χ0n) is 23.2. The standard InChI is InChI=1S/C30H40FN5O4/c1-3-36-25(13-14-32-36)29(39)35-27(26(19-7-8-19)20-9-10-20)30(40)33-23-12-11-21(15-22(23)31)17(2)28(38)34-24(16-37)18-5-4-6-18/h11-15,17-20,24,26-27,37H,3-10,16H2,1-2H3,(H,33,40)(H,34,38)(H,35,39)/t17-,24-,27-/m0/s1.